The van der Waals surface area contributed by atoms with Crippen molar-refractivity contribution in [2.75, 3.05) is 13.1 Å². The van der Waals surface area contributed by atoms with Crippen LogP contribution in [-0.2, 0) is 9.53 Å². The molecule has 19 heavy (non-hydrogen) atoms. The lowest BCUT2D eigenvalue weighted by molar-refractivity contribution is -0.131. The highest BCUT2D eigenvalue weighted by atomic mass is 19.3. The Labute approximate surface area is 109 Å². The van der Waals surface area contributed by atoms with Gasteiger partial charge in [0.25, 0.3) is 5.92 Å². The number of hydrogen-bond donors (Lipinski definition) is 1. The Hall–Kier alpha value is -1.66. The van der Waals surface area contributed by atoms with E-state index >= 15 is 0 Å². The smallest absolute Gasteiger partial charge is 0.410 e. The third-order valence-electron chi connectivity index (χ3n) is 2.46. The van der Waals surface area contributed by atoms with E-state index in [4.69, 9.17) is 9.84 Å². The predicted octanol–water partition coefficient (Wildman–Crippen LogP) is 2.27. The van der Waals surface area contributed by atoms with Crippen LogP contribution in [0.5, 0.6) is 0 Å². The van der Waals surface area contributed by atoms with Crippen molar-refractivity contribution in [2.45, 2.75) is 38.7 Å². The van der Waals surface area contributed by atoms with E-state index in [0.717, 1.165) is 4.90 Å². The molecule has 0 spiro atoms. The number of carbonyl (C=O) groups excluding carboxylic acids is 1. The summed E-state index contributed by atoms with van der Waals surface area (Å²) in [5.74, 6) is -4.76. The number of piperidine rings is 1. The average Bonchev–Trinajstić information content (AvgIpc) is 2.17. The third kappa shape index (κ3) is 4.50. The Kier molecular flexibility index (Phi) is 4.17. The summed E-state index contributed by atoms with van der Waals surface area (Å²) in [6, 6.07) is 0. The van der Waals surface area contributed by atoms with E-state index in [1.54, 1.807) is 20.8 Å². The number of nitrogens with zero attached hydrogens (tertiary/aromatic N) is 1. The number of rotatable bonds is 1. The van der Waals surface area contributed by atoms with Crippen LogP contribution in [0.3, 0.4) is 0 Å². The van der Waals surface area contributed by atoms with Gasteiger partial charge in [-0.3, -0.25) is 0 Å². The van der Waals surface area contributed by atoms with Crippen LogP contribution in [0.25, 0.3) is 0 Å². The maximum absolute atomic E-state index is 13.7. The van der Waals surface area contributed by atoms with E-state index in [1.165, 1.54) is 0 Å². The molecule has 0 radical (unpaired) electrons. The topological polar surface area (TPSA) is 66.8 Å². The van der Waals surface area contributed by atoms with E-state index in [1.807, 2.05) is 0 Å². The third-order valence-corrected chi connectivity index (χ3v) is 2.46. The molecule has 1 aliphatic heterocycles. The predicted molar refractivity (Wildman–Crippen MR) is 63.1 cm³/mol. The van der Waals surface area contributed by atoms with Crippen molar-refractivity contribution < 1.29 is 28.2 Å². The number of ether oxygens (including phenoxy) is 1. The number of amides is 1. The van der Waals surface area contributed by atoms with E-state index in [9.17, 15) is 18.4 Å². The Morgan fingerprint density at radius 1 is 1.42 bits per heavy atom. The minimum atomic E-state index is -3.34. The van der Waals surface area contributed by atoms with Gasteiger partial charge in [-0.2, -0.15) is 8.78 Å². The highest BCUT2D eigenvalue weighted by Crippen LogP contribution is 2.32. The maximum atomic E-state index is 13.7. The summed E-state index contributed by atoms with van der Waals surface area (Å²) in [5, 5.41) is 8.51. The number of carboxylic acid groups (broad SMARTS) is 1. The molecule has 1 fully saturated rings. The summed E-state index contributed by atoms with van der Waals surface area (Å²) < 4.78 is 32.4. The Morgan fingerprint density at radius 2 is 2.00 bits per heavy atom. The lowest BCUT2D eigenvalue weighted by atomic mass is 10.00. The maximum Gasteiger partial charge on any atom is 0.410 e. The highest BCUT2D eigenvalue weighted by Gasteiger charge is 2.42. The standard InChI is InChI=1S/C12H17F2NO4/c1-11(2,3)19-10(18)15-5-4-8(6-9(16)17)12(13,14)7-15/h6H,4-5,7H2,1-3H3,(H,16,17). The van der Waals surface area contributed by atoms with Gasteiger partial charge in [-0.05, 0) is 27.2 Å². The first kappa shape index (κ1) is 15.4. The van der Waals surface area contributed by atoms with Crippen molar-refractivity contribution >= 4 is 12.1 Å². The van der Waals surface area contributed by atoms with Crippen LogP contribution in [0.4, 0.5) is 13.6 Å². The number of alkyl halides is 2. The molecule has 5 nitrogen and oxygen atoms in total. The molecule has 1 heterocycles. The minimum Gasteiger partial charge on any atom is -0.478 e. The largest absolute Gasteiger partial charge is 0.478 e. The molecule has 0 aromatic rings. The van der Waals surface area contributed by atoms with Gasteiger partial charge in [-0.15, -0.1) is 0 Å². The molecule has 0 aromatic heterocycles. The first-order chi connectivity index (χ1) is 8.51. The van der Waals surface area contributed by atoms with Gasteiger partial charge in [0.2, 0.25) is 0 Å². The summed E-state index contributed by atoms with van der Waals surface area (Å²) in [4.78, 5) is 23.0. The zero-order valence-corrected chi connectivity index (χ0v) is 11.1. The number of halogens is 2. The summed E-state index contributed by atoms with van der Waals surface area (Å²) >= 11 is 0. The van der Waals surface area contributed by atoms with E-state index in [2.05, 4.69) is 0 Å². The highest BCUT2D eigenvalue weighted by molar-refractivity contribution is 5.81. The van der Waals surface area contributed by atoms with E-state index in [0.29, 0.717) is 6.08 Å². The first-order valence-electron chi connectivity index (χ1n) is 5.81. The summed E-state index contributed by atoms with van der Waals surface area (Å²) in [6.45, 7) is 4.08. The molecule has 1 N–H and O–H groups in total. The van der Waals surface area contributed by atoms with Gasteiger partial charge in [0.15, 0.2) is 0 Å². The molecule has 1 saturated heterocycles. The first-order valence-corrected chi connectivity index (χ1v) is 5.81. The average molecular weight is 277 g/mol. The molecule has 1 aliphatic rings. The lowest BCUT2D eigenvalue weighted by Gasteiger charge is -2.35. The number of hydrogen-bond acceptors (Lipinski definition) is 3. The summed E-state index contributed by atoms with van der Waals surface area (Å²) in [6.07, 6.45) is -0.494. The number of carbonyl (C=O) groups is 2. The molecule has 0 saturated carbocycles. The van der Waals surface area contributed by atoms with Crippen LogP contribution in [0, 0.1) is 0 Å². The van der Waals surface area contributed by atoms with Gasteiger partial charge in [-0.25, -0.2) is 9.59 Å². The quantitative estimate of drug-likeness (QED) is 0.747. The van der Waals surface area contributed by atoms with Gasteiger partial charge >= 0.3 is 12.1 Å². The van der Waals surface area contributed by atoms with Gasteiger partial charge in [0.1, 0.15) is 5.60 Å². The van der Waals surface area contributed by atoms with E-state index < -0.39 is 35.7 Å². The summed E-state index contributed by atoms with van der Waals surface area (Å²) in [7, 11) is 0. The Morgan fingerprint density at radius 3 is 2.42 bits per heavy atom. The van der Waals surface area contributed by atoms with Crippen LogP contribution < -0.4 is 0 Å². The lowest BCUT2D eigenvalue weighted by Crippen LogP contribution is -2.48. The van der Waals surface area contributed by atoms with Gasteiger partial charge in [0.05, 0.1) is 6.54 Å². The second-order valence-corrected chi connectivity index (χ2v) is 5.36. The number of carboxylic acids is 1. The van der Waals surface area contributed by atoms with Crippen LogP contribution >= 0.6 is 0 Å². The van der Waals surface area contributed by atoms with Crippen molar-refractivity contribution in [3.63, 3.8) is 0 Å². The molecule has 0 aromatic carbocycles. The van der Waals surface area contributed by atoms with Crippen LogP contribution in [0.15, 0.2) is 11.6 Å². The second-order valence-electron chi connectivity index (χ2n) is 5.36. The zero-order valence-electron chi connectivity index (χ0n) is 11.1. The minimum absolute atomic E-state index is 0.0175. The fourth-order valence-corrected chi connectivity index (χ4v) is 1.67. The summed E-state index contributed by atoms with van der Waals surface area (Å²) in [5.41, 5.74) is -1.23. The molecule has 0 bridgehead atoms. The fraction of sp³-hybridized carbons (Fsp3) is 0.667. The molecule has 108 valence electrons. The Balaban J connectivity index is 2.76. The number of aliphatic carboxylic acids is 1. The van der Waals surface area contributed by atoms with Gasteiger partial charge < -0.3 is 14.7 Å². The van der Waals surface area contributed by atoms with Crippen molar-refractivity contribution in [3.8, 4) is 0 Å². The van der Waals surface area contributed by atoms with Gasteiger partial charge in [-0.1, -0.05) is 0 Å². The van der Waals surface area contributed by atoms with Crippen LogP contribution in [0.2, 0.25) is 0 Å². The SMILES string of the molecule is CC(C)(C)OC(=O)N1CCC(=CC(=O)O)C(F)(F)C1. The molecule has 0 unspecified atom stereocenters. The zero-order chi connectivity index (χ0) is 14.8. The van der Waals surface area contributed by atoms with Crippen molar-refractivity contribution in [3.05, 3.63) is 11.6 Å². The molecular formula is C12H17F2NO4. The normalized spacial score (nSPS) is 21.3. The molecule has 1 rings (SSSR count). The van der Waals surface area contributed by atoms with Crippen molar-refractivity contribution in [1.82, 2.24) is 4.90 Å². The molecular weight excluding hydrogens is 260 g/mol. The molecule has 0 aliphatic carbocycles. The van der Waals surface area contributed by atoms with Crippen LogP contribution in [-0.4, -0.2) is 46.7 Å². The second kappa shape index (κ2) is 5.14. The van der Waals surface area contributed by atoms with Gasteiger partial charge in [0, 0.05) is 18.2 Å². The fourth-order valence-electron chi connectivity index (χ4n) is 1.67. The van der Waals surface area contributed by atoms with Crippen LogP contribution in [0.1, 0.15) is 27.2 Å². The molecule has 1 amide bonds. The molecule has 0 atom stereocenters. The molecule has 7 heteroatoms. The number of likely N-dealkylation sites (tertiary alicyclic amines) is 1. The monoisotopic (exact) mass is 277 g/mol. The Bertz CT molecular complexity index is 412. The van der Waals surface area contributed by atoms with Crippen molar-refractivity contribution in [1.29, 1.82) is 0 Å². The van der Waals surface area contributed by atoms with Crippen molar-refractivity contribution in [2.24, 2.45) is 0 Å². The van der Waals surface area contributed by atoms with E-state index in [-0.39, 0.29) is 13.0 Å².